The number of halogens is 1. The number of hydrogen-bond acceptors (Lipinski definition) is 6. The van der Waals surface area contributed by atoms with Crippen molar-refractivity contribution < 1.29 is 4.79 Å². The van der Waals surface area contributed by atoms with Gasteiger partial charge in [0.15, 0.2) is 5.16 Å². The van der Waals surface area contributed by atoms with Crippen LogP contribution >= 0.6 is 23.4 Å². The van der Waals surface area contributed by atoms with Crippen molar-refractivity contribution in [2.24, 2.45) is 0 Å². The number of thioether (sulfide) groups is 1. The molecule has 4 aromatic rings. The standard InChI is InChI=1S/C19H15ClN6O2S/c1-2-9-25-17(28)13-5-3-4-6-14(13)26-18(25)23-24-19(26)29-11-16(27)22-15-8-7-12(20)10-21-15/h2-8,10H,1,9,11H2,(H,21,22,27). The Balaban J connectivity index is 1.66. The SMILES string of the molecule is C=CCn1c(=O)c2ccccc2n2c(SCC(=O)Nc3ccc(Cl)cn3)nnc12. The molecule has 0 radical (unpaired) electrons. The Hall–Kier alpha value is -3.17. The Kier molecular flexibility index (Phi) is 5.32. The van der Waals surface area contributed by atoms with E-state index in [4.69, 9.17) is 11.6 Å². The van der Waals surface area contributed by atoms with E-state index in [-0.39, 0.29) is 17.2 Å². The number of aromatic nitrogens is 5. The van der Waals surface area contributed by atoms with E-state index in [0.29, 0.717) is 39.2 Å². The first-order valence-corrected chi connectivity index (χ1v) is 9.96. The van der Waals surface area contributed by atoms with Crippen LogP contribution < -0.4 is 10.9 Å². The maximum Gasteiger partial charge on any atom is 0.263 e. The zero-order chi connectivity index (χ0) is 20.4. The van der Waals surface area contributed by atoms with Crippen LogP contribution in [0.1, 0.15) is 0 Å². The molecule has 4 rings (SSSR count). The van der Waals surface area contributed by atoms with E-state index in [2.05, 4.69) is 27.1 Å². The van der Waals surface area contributed by atoms with Gasteiger partial charge >= 0.3 is 0 Å². The highest BCUT2D eigenvalue weighted by Gasteiger charge is 2.17. The van der Waals surface area contributed by atoms with Gasteiger partial charge in [0.1, 0.15) is 5.82 Å². The number of anilines is 1. The van der Waals surface area contributed by atoms with Crippen LogP contribution in [0, 0.1) is 0 Å². The minimum Gasteiger partial charge on any atom is -0.310 e. The molecule has 0 saturated heterocycles. The number of para-hydroxylation sites is 1. The van der Waals surface area contributed by atoms with Gasteiger partial charge < -0.3 is 5.32 Å². The molecule has 0 aliphatic heterocycles. The van der Waals surface area contributed by atoms with Gasteiger partial charge in [-0.1, -0.05) is 41.6 Å². The van der Waals surface area contributed by atoms with Gasteiger partial charge in [0.05, 0.1) is 21.7 Å². The molecule has 0 saturated carbocycles. The molecule has 0 fully saturated rings. The van der Waals surface area contributed by atoms with E-state index in [1.165, 1.54) is 22.5 Å². The molecule has 0 aliphatic rings. The number of fused-ring (bicyclic) bond motifs is 3. The predicted molar refractivity (Wildman–Crippen MR) is 114 cm³/mol. The fourth-order valence-electron chi connectivity index (χ4n) is 2.88. The summed E-state index contributed by atoms with van der Waals surface area (Å²) >= 11 is 7.02. The van der Waals surface area contributed by atoms with Crippen LogP contribution in [-0.4, -0.2) is 35.8 Å². The highest BCUT2D eigenvalue weighted by atomic mass is 35.5. The number of amides is 1. The van der Waals surface area contributed by atoms with E-state index >= 15 is 0 Å². The fraction of sp³-hybridized carbons (Fsp3) is 0.105. The van der Waals surface area contributed by atoms with Crippen molar-refractivity contribution >= 4 is 51.8 Å². The Labute approximate surface area is 174 Å². The first-order valence-electron chi connectivity index (χ1n) is 8.60. The van der Waals surface area contributed by atoms with E-state index in [1.807, 2.05) is 12.1 Å². The third kappa shape index (κ3) is 3.74. The summed E-state index contributed by atoms with van der Waals surface area (Å²) in [6.07, 6.45) is 3.09. The largest absolute Gasteiger partial charge is 0.310 e. The number of allylic oxidation sites excluding steroid dienone is 1. The molecular formula is C19H15ClN6O2S. The maximum absolute atomic E-state index is 12.8. The maximum atomic E-state index is 12.8. The molecule has 10 heteroatoms. The lowest BCUT2D eigenvalue weighted by Gasteiger charge is -2.09. The van der Waals surface area contributed by atoms with Crippen LogP contribution in [0.3, 0.4) is 0 Å². The molecule has 0 aliphatic carbocycles. The average molecular weight is 427 g/mol. The quantitative estimate of drug-likeness (QED) is 0.376. The molecule has 0 atom stereocenters. The predicted octanol–water partition coefficient (Wildman–Crippen LogP) is 3.01. The summed E-state index contributed by atoms with van der Waals surface area (Å²) in [6, 6.07) is 10.5. The van der Waals surface area contributed by atoms with Crippen LogP contribution in [0.4, 0.5) is 5.82 Å². The second kappa shape index (κ2) is 8.06. The molecule has 1 N–H and O–H groups in total. The zero-order valence-electron chi connectivity index (χ0n) is 15.1. The molecule has 0 unspecified atom stereocenters. The van der Waals surface area contributed by atoms with Gasteiger partial charge in [-0.2, -0.15) is 0 Å². The molecule has 8 nitrogen and oxygen atoms in total. The first-order chi connectivity index (χ1) is 14.1. The number of hydrogen-bond donors (Lipinski definition) is 1. The van der Waals surface area contributed by atoms with E-state index in [1.54, 1.807) is 34.7 Å². The van der Waals surface area contributed by atoms with E-state index in [0.717, 1.165) is 0 Å². The fourth-order valence-corrected chi connectivity index (χ4v) is 3.73. The molecule has 3 heterocycles. The number of carbonyl (C=O) groups excluding carboxylic acids is 1. The smallest absolute Gasteiger partial charge is 0.263 e. The van der Waals surface area contributed by atoms with Gasteiger partial charge in [0.25, 0.3) is 5.56 Å². The van der Waals surface area contributed by atoms with Gasteiger partial charge in [0.2, 0.25) is 11.7 Å². The summed E-state index contributed by atoms with van der Waals surface area (Å²) < 4.78 is 3.28. The molecule has 1 aromatic carbocycles. The highest BCUT2D eigenvalue weighted by Crippen LogP contribution is 2.22. The van der Waals surface area contributed by atoms with Crippen molar-refractivity contribution in [3.63, 3.8) is 0 Å². The second-order valence-electron chi connectivity index (χ2n) is 6.04. The number of carbonyl (C=O) groups is 1. The van der Waals surface area contributed by atoms with Crippen LogP contribution in [0.5, 0.6) is 0 Å². The first kappa shape index (κ1) is 19.2. The minimum absolute atomic E-state index is 0.0972. The number of pyridine rings is 1. The number of rotatable bonds is 6. The number of nitrogens with one attached hydrogen (secondary N) is 1. The van der Waals surface area contributed by atoms with Gasteiger partial charge in [-0.3, -0.25) is 18.6 Å². The molecule has 29 heavy (non-hydrogen) atoms. The third-order valence-corrected chi connectivity index (χ3v) is 5.27. The number of benzene rings is 1. The zero-order valence-corrected chi connectivity index (χ0v) is 16.7. The molecule has 0 bridgehead atoms. The lowest BCUT2D eigenvalue weighted by Crippen LogP contribution is -2.22. The van der Waals surface area contributed by atoms with Gasteiger partial charge in [-0.05, 0) is 24.3 Å². The van der Waals surface area contributed by atoms with Crippen molar-refractivity contribution in [1.29, 1.82) is 0 Å². The Morgan fingerprint density at radius 2 is 2.07 bits per heavy atom. The summed E-state index contributed by atoms with van der Waals surface area (Å²) in [4.78, 5) is 29.1. The molecule has 0 spiro atoms. The molecule has 146 valence electrons. The normalized spacial score (nSPS) is 11.1. The van der Waals surface area contributed by atoms with Crippen LogP contribution in [-0.2, 0) is 11.3 Å². The van der Waals surface area contributed by atoms with Crippen LogP contribution in [0.15, 0.2) is 65.2 Å². The van der Waals surface area contributed by atoms with E-state index < -0.39 is 0 Å². The Bertz CT molecular complexity index is 1280. The lowest BCUT2D eigenvalue weighted by molar-refractivity contribution is -0.113. The summed E-state index contributed by atoms with van der Waals surface area (Å²) in [5.41, 5.74) is 0.517. The van der Waals surface area contributed by atoms with Crippen LogP contribution in [0.25, 0.3) is 16.7 Å². The average Bonchev–Trinajstić information content (AvgIpc) is 3.15. The minimum atomic E-state index is -0.245. The summed E-state index contributed by atoms with van der Waals surface area (Å²) in [5, 5.41) is 12.6. The van der Waals surface area contributed by atoms with E-state index in [9.17, 15) is 9.59 Å². The summed E-state index contributed by atoms with van der Waals surface area (Å²) in [7, 11) is 0. The van der Waals surface area contributed by atoms with Crippen LogP contribution in [0.2, 0.25) is 5.02 Å². The van der Waals surface area contributed by atoms with Crippen molar-refractivity contribution in [3.05, 3.63) is 70.6 Å². The Morgan fingerprint density at radius 1 is 1.24 bits per heavy atom. The molecule has 3 aromatic heterocycles. The van der Waals surface area contributed by atoms with Crippen molar-refractivity contribution in [2.45, 2.75) is 11.7 Å². The van der Waals surface area contributed by atoms with Crippen molar-refractivity contribution in [1.82, 2.24) is 24.1 Å². The highest BCUT2D eigenvalue weighted by molar-refractivity contribution is 7.99. The molecule has 1 amide bonds. The van der Waals surface area contributed by atoms with Crippen molar-refractivity contribution in [3.8, 4) is 0 Å². The third-order valence-electron chi connectivity index (χ3n) is 4.12. The van der Waals surface area contributed by atoms with Gasteiger partial charge in [-0.15, -0.1) is 16.8 Å². The molecular weight excluding hydrogens is 412 g/mol. The van der Waals surface area contributed by atoms with Crippen molar-refractivity contribution in [2.75, 3.05) is 11.1 Å². The monoisotopic (exact) mass is 426 g/mol. The summed E-state index contributed by atoms with van der Waals surface area (Å²) in [6.45, 7) is 4.01. The number of nitrogens with zero attached hydrogens (tertiary/aromatic N) is 5. The van der Waals surface area contributed by atoms with Gasteiger partial charge in [0, 0.05) is 12.7 Å². The Morgan fingerprint density at radius 3 is 2.83 bits per heavy atom. The van der Waals surface area contributed by atoms with Gasteiger partial charge in [-0.25, -0.2) is 4.98 Å². The second-order valence-corrected chi connectivity index (χ2v) is 7.42. The topological polar surface area (TPSA) is 94.2 Å². The lowest BCUT2D eigenvalue weighted by atomic mass is 10.2. The summed E-state index contributed by atoms with van der Waals surface area (Å²) in [5.74, 6) is 0.664.